The third-order valence-electron chi connectivity index (χ3n) is 2.85. The third-order valence-corrected chi connectivity index (χ3v) is 3.08. The number of hydrogen-bond donors (Lipinski definition) is 2. The van der Waals surface area contributed by atoms with Crippen molar-refractivity contribution < 1.29 is 9.53 Å². The first-order valence-electron chi connectivity index (χ1n) is 6.05. The van der Waals surface area contributed by atoms with Crippen LogP contribution >= 0.6 is 11.6 Å². The van der Waals surface area contributed by atoms with Crippen LogP contribution in [-0.4, -0.2) is 13.0 Å². The van der Waals surface area contributed by atoms with Gasteiger partial charge in [0, 0.05) is 10.7 Å². The summed E-state index contributed by atoms with van der Waals surface area (Å²) in [5.41, 5.74) is 6.93. The van der Waals surface area contributed by atoms with Crippen LogP contribution in [0, 0.1) is 0 Å². The molecule has 0 fully saturated rings. The fourth-order valence-electron chi connectivity index (χ4n) is 1.88. The molecule has 3 N–H and O–H groups in total. The van der Waals surface area contributed by atoms with Crippen molar-refractivity contribution in [3.05, 3.63) is 59.1 Å². The molecule has 20 heavy (non-hydrogen) atoms. The molecule has 1 amide bonds. The minimum atomic E-state index is -0.649. The number of anilines is 1. The van der Waals surface area contributed by atoms with Crippen LogP contribution in [0.2, 0.25) is 5.02 Å². The van der Waals surface area contributed by atoms with Crippen LogP contribution in [0.15, 0.2) is 48.5 Å². The van der Waals surface area contributed by atoms with Crippen molar-refractivity contribution in [1.82, 2.24) is 0 Å². The van der Waals surface area contributed by atoms with Crippen molar-refractivity contribution in [3.8, 4) is 5.75 Å². The summed E-state index contributed by atoms with van der Waals surface area (Å²) in [6, 6.07) is 13.7. The average molecular weight is 291 g/mol. The molecule has 2 aromatic rings. The average Bonchev–Trinajstić information content (AvgIpc) is 2.44. The van der Waals surface area contributed by atoms with Crippen LogP contribution in [0.1, 0.15) is 11.6 Å². The second kappa shape index (κ2) is 6.30. The summed E-state index contributed by atoms with van der Waals surface area (Å²) in [5.74, 6) is 0.194. The Morgan fingerprint density at radius 1 is 1.25 bits per heavy atom. The molecule has 0 aliphatic heterocycles. The first-order chi connectivity index (χ1) is 9.60. The van der Waals surface area contributed by atoms with Crippen LogP contribution in [0.5, 0.6) is 5.75 Å². The van der Waals surface area contributed by atoms with Crippen molar-refractivity contribution in [3.63, 3.8) is 0 Å². The Morgan fingerprint density at radius 2 is 2.00 bits per heavy atom. The topological polar surface area (TPSA) is 64.3 Å². The molecule has 0 aliphatic rings. The molecule has 1 unspecified atom stereocenters. The van der Waals surface area contributed by atoms with Gasteiger partial charge in [-0.15, -0.1) is 0 Å². The van der Waals surface area contributed by atoms with Gasteiger partial charge in [0.1, 0.15) is 11.8 Å². The van der Waals surface area contributed by atoms with E-state index >= 15 is 0 Å². The number of carbonyl (C=O) groups excluding carboxylic acids is 1. The van der Waals surface area contributed by atoms with Gasteiger partial charge in [-0.1, -0.05) is 29.8 Å². The molecule has 0 radical (unpaired) electrons. The predicted octanol–water partition coefficient (Wildman–Crippen LogP) is 2.99. The number of halogens is 1. The first kappa shape index (κ1) is 14.2. The van der Waals surface area contributed by atoms with Gasteiger partial charge in [0.05, 0.1) is 7.11 Å². The summed E-state index contributed by atoms with van der Waals surface area (Å²) >= 11 is 5.93. The van der Waals surface area contributed by atoms with E-state index in [4.69, 9.17) is 22.1 Å². The Labute approximate surface area is 122 Å². The molecule has 4 nitrogen and oxygen atoms in total. The molecular weight excluding hydrogens is 276 g/mol. The number of methoxy groups -OCH3 is 1. The number of rotatable bonds is 5. The smallest absolute Gasteiger partial charge is 0.244 e. The molecule has 0 bridgehead atoms. The molecule has 104 valence electrons. The quantitative estimate of drug-likeness (QED) is 0.890. The fourth-order valence-corrected chi connectivity index (χ4v) is 2.08. The Kier molecular flexibility index (Phi) is 4.48. The molecule has 2 aromatic carbocycles. The van der Waals surface area contributed by atoms with E-state index in [2.05, 4.69) is 5.32 Å². The first-order valence-corrected chi connectivity index (χ1v) is 6.43. The molecule has 1 atom stereocenters. The summed E-state index contributed by atoms with van der Waals surface area (Å²) in [6.45, 7) is 0. The lowest BCUT2D eigenvalue weighted by Crippen LogP contribution is -2.27. The lowest BCUT2D eigenvalue weighted by molar-refractivity contribution is -0.118. The van der Waals surface area contributed by atoms with Gasteiger partial charge in [-0.2, -0.15) is 0 Å². The Balaban J connectivity index is 2.29. The maximum absolute atomic E-state index is 11.7. The van der Waals surface area contributed by atoms with E-state index < -0.39 is 11.9 Å². The van der Waals surface area contributed by atoms with Gasteiger partial charge in [0.2, 0.25) is 5.91 Å². The van der Waals surface area contributed by atoms with Crippen LogP contribution < -0.4 is 15.8 Å². The van der Waals surface area contributed by atoms with Crippen LogP contribution in [0.4, 0.5) is 5.69 Å². The van der Waals surface area contributed by atoms with E-state index in [1.807, 2.05) is 18.2 Å². The summed E-state index contributed by atoms with van der Waals surface area (Å²) in [4.78, 5) is 11.7. The van der Waals surface area contributed by atoms with Gasteiger partial charge in [-0.05, 0) is 35.9 Å². The molecular formula is C15H15ClN2O2. The van der Waals surface area contributed by atoms with Gasteiger partial charge >= 0.3 is 0 Å². The molecule has 5 heteroatoms. The standard InChI is InChI=1S/C15H15ClN2O2/c1-20-13-7-2-4-10(8-13)14(15(17)19)18-12-6-3-5-11(16)9-12/h2-9,14,18H,1H3,(H2,17,19). The predicted molar refractivity (Wildman–Crippen MR) is 80.0 cm³/mol. The SMILES string of the molecule is COc1cccc(C(Nc2cccc(Cl)c2)C(N)=O)c1. The highest BCUT2D eigenvalue weighted by molar-refractivity contribution is 6.30. The zero-order valence-electron chi connectivity index (χ0n) is 11.0. The van der Waals surface area contributed by atoms with Crippen molar-refractivity contribution in [2.45, 2.75) is 6.04 Å². The normalized spacial score (nSPS) is 11.7. The van der Waals surface area contributed by atoms with Gasteiger partial charge in [-0.3, -0.25) is 4.79 Å². The molecule has 0 saturated heterocycles. The summed E-state index contributed by atoms with van der Waals surface area (Å²) in [6.07, 6.45) is 0. The van der Waals surface area contributed by atoms with E-state index in [-0.39, 0.29) is 0 Å². The van der Waals surface area contributed by atoms with Crippen LogP contribution in [0.25, 0.3) is 0 Å². The second-order valence-electron chi connectivity index (χ2n) is 4.27. The number of ether oxygens (including phenoxy) is 1. The number of amides is 1. The Bertz CT molecular complexity index is 616. The number of carbonyl (C=O) groups is 1. The summed E-state index contributed by atoms with van der Waals surface area (Å²) in [5, 5.41) is 3.66. The van der Waals surface area contributed by atoms with Crippen molar-refractivity contribution in [2.24, 2.45) is 5.73 Å². The maximum Gasteiger partial charge on any atom is 0.244 e. The van der Waals surface area contributed by atoms with Gasteiger partial charge < -0.3 is 15.8 Å². The van der Waals surface area contributed by atoms with Crippen LogP contribution in [-0.2, 0) is 4.79 Å². The van der Waals surface area contributed by atoms with Gasteiger partial charge in [-0.25, -0.2) is 0 Å². The number of nitrogens with two attached hydrogens (primary N) is 1. The van der Waals surface area contributed by atoms with E-state index in [9.17, 15) is 4.79 Å². The van der Waals surface area contributed by atoms with Crippen LogP contribution in [0.3, 0.4) is 0 Å². The fraction of sp³-hybridized carbons (Fsp3) is 0.133. The Hall–Kier alpha value is -2.20. The van der Waals surface area contributed by atoms with Gasteiger partial charge in [0.15, 0.2) is 0 Å². The number of hydrogen-bond acceptors (Lipinski definition) is 3. The van der Waals surface area contributed by atoms with E-state index in [0.29, 0.717) is 10.8 Å². The van der Waals surface area contributed by atoms with Crippen molar-refractivity contribution in [2.75, 3.05) is 12.4 Å². The Morgan fingerprint density at radius 3 is 2.65 bits per heavy atom. The highest BCUT2D eigenvalue weighted by atomic mass is 35.5. The monoisotopic (exact) mass is 290 g/mol. The van der Waals surface area contributed by atoms with E-state index in [0.717, 1.165) is 11.3 Å². The van der Waals surface area contributed by atoms with Crippen molar-refractivity contribution in [1.29, 1.82) is 0 Å². The molecule has 0 heterocycles. The van der Waals surface area contributed by atoms with Gasteiger partial charge in [0.25, 0.3) is 0 Å². The third kappa shape index (κ3) is 3.42. The highest BCUT2D eigenvalue weighted by Crippen LogP contribution is 2.24. The molecule has 2 rings (SSSR count). The molecule has 0 aromatic heterocycles. The summed E-state index contributed by atoms with van der Waals surface area (Å²) < 4.78 is 5.15. The lowest BCUT2D eigenvalue weighted by atomic mass is 10.1. The number of benzene rings is 2. The zero-order valence-corrected chi connectivity index (χ0v) is 11.7. The molecule has 0 aliphatic carbocycles. The molecule has 0 saturated carbocycles. The molecule has 0 spiro atoms. The minimum Gasteiger partial charge on any atom is -0.497 e. The maximum atomic E-state index is 11.7. The largest absolute Gasteiger partial charge is 0.497 e. The summed E-state index contributed by atoms with van der Waals surface area (Å²) in [7, 11) is 1.57. The lowest BCUT2D eigenvalue weighted by Gasteiger charge is -2.18. The second-order valence-corrected chi connectivity index (χ2v) is 4.70. The number of nitrogens with one attached hydrogen (secondary N) is 1. The zero-order chi connectivity index (χ0) is 14.5. The van der Waals surface area contributed by atoms with Crippen molar-refractivity contribution >= 4 is 23.2 Å². The van der Waals surface area contributed by atoms with E-state index in [1.165, 1.54) is 0 Å². The highest BCUT2D eigenvalue weighted by Gasteiger charge is 2.18. The number of primary amides is 1. The van der Waals surface area contributed by atoms with E-state index in [1.54, 1.807) is 37.4 Å². The minimum absolute atomic E-state index is 0.474.